The van der Waals surface area contributed by atoms with Crippen LogP contribution in [0.3, 0.4) is 0 Å². The zero-order chi connectivity index (χ0) is 9.68. The second-order valence-corrected chi connectivity index (χ2v) is 2.94. The van der Waals surface area contributed by atoms with Crippen LogP contribution in [-0.4, -0.2) is 16.2 Å². The molecule has 5 heteroatoms. The van der Waals surface area contributed by atoms with Crippen molar-refractivity contribution < 1.29 is 4.79 Å². The molecule has 0 saturated heterocycles. The zero-order valence-electron chi connectivity index (χ0n) is 6.96. The Morgan fingerprint density at radius 3 is 3.08 bits per heavy atom. The van der Waals surface area contributed by atoms with Crippen LogP contribution in [0.25, 0.3) is 0 Å². The summed E-state index contributed by atoms with van der Waals surface area (Å²) in [4.78, 5) is 15.1. The van der Waals surface area contributed by atoms with E-state index in [1.807, 2.05) is 0 Å². The molecule has 1 heterocycles. The van der Waals surface area contributed by atoms with Gasteiger partial charge in [0.15, 0.2) is 0 Å². The number of carbonyl (C=O) groups is 1. The normalized spacial score (nSPS) is 9.69. The third-order valence-electron chi connectivity index (χ3n) is 1.48. The number of hydrogen-bond donors (Lipinski definition) is 2. The first-order chi connectivity index (χ1) is 6.27. The molecule has 0 fully saturated rings. The van der Waals surface area contributed by atoms with Gasteiger partial charge < -0.3 is 11.1 Å². The van der Waals surface area contributed by atoms with Crippen molar-refractivity contribution in [2.75, 3.05) is 10.6 Å². The summed E-state index contributed by atoms with van der Waals surface area (Å²) in [6.07, 6.45) is 1.64. The molecule has 0 atom stereocenters. The fraction of sp³-hybridized carbons (Fsp3) is 0.250. The number of aromatic nitrogens is 1. The summed E-state index contributed by atoms with van der Waals surface area (Å²) in [5.41, 5.74) is 6.81. The average molecular weight is 244 g/mol. The summed E-state index contributed by atoms with van der Waals surface area (Å²) in [5, 5.41) is 2.95. The molecule has 4 nitrogen and oxygen atoms in total. The molecule has 70 valence electrons. The third-order valence-corrected chi connectivity index (χ3v) is 1.99. The van der Waals surface area contributed by atoms with E-state index in [-0.39, 0.29) is 11.2 Å². The van der Waals surface area contributed by atoms with Crippen LogP contribution in [0.5, 0.6) is 0 Å². The number of hydrogen-bond acceptors (Lipinski definition) is 3. The van der Waals surface area contributed by atoms with Crippen LogP contribution in [0, 0.1) is 0 Å². The number of anilines is 1. The van der Waals surface area contributed by atoms with E-state index in [0.29, 0.717) is 17.9 Å². The van der Waals surface area contributed by atoms with Gasteiger partial charge in [-0.05, 0) is 12.1 Å². The Morgan fingerprint density at radius 1 is 1.69 bits per heavy atom. The number of amides is 1. The number of pyridine rings is 1. The Hall–Kier alpha value is -0.940. The van der Waals surface area contributed by atoms with Crippen molar-refractivity contribution in [3.05, 3.63) is 24.0 Å². The van der Waals surface area contributed by atoms with Crippen LogP contribution in [0.2, 0.25) is 0 Å². The maximum Gasteiger partial charge on any atom is 0.235 e. The van der Waals surface area contributed by atoms with E-state index in [1.54, 1.807) is 18.3 Å². The van der Waals surface area contributed by atoms with Gasteiger partial charge in [0.05, 0.1) is 16.7 Å². The summed E-state index contributed by atoms with van der Waals surface area (Å²) in [6.45, 7) is 0.318. The molecule has 1 aromatic heterocycles. The molecule has 0 aliphatic rings. The van der Waals surface area contributed by atoms with Crippen LogP contribution in [0.1, 0.15) is 5.69 Å². The van der Waals surface area contributed by atoms with Crippen molar-refractivity contribution in [3.63, 3.8) is 0 Å². The van der Waals surface area contributed by atoms with Crippen molar-refractivity contribution in [2.24, 2.45) is 5.73 Å². The molecule has 13 heavy (non-hydrogen) atoms. The van der Waals surface area contributed by atoms with Crippen LogP contribution in [0.4, 0.5) is 5.69 Å². The Bertz CT molecular complexity index is 303. The van der Waals surface area contributed by atoms with E-state index in [9.17, 15) is 4.79 Å². The zero-order valence-corrected chi connectivity index (χ0v) is 8.54. The van der Waals surface area contributed by atoms with Crippen molar-refractivity contribution in [1.82, 2.24) is 4.98 Å². The highest BCUT2D eigenvalue weighted by Gasteiger charge is 2.04. The second-order valence-electron chi connectivity index (χ2n) is 2.38. The molecule has 0 saturated carbocycles. The summed E-state index contributed by atoms with van der Waals surface area (Å²) < 4.78 is 0. The third kappa shape index (κ3) is 2.78. The van der Waals surface area contributed by atoms with Crippen molar-refractivity contribution in [1.29, 1.82) is 0 Å². The number of carbonyl (C=O) groups excluding carboxylic acids is 1. The standard InChI is InChI=1S/C8H10BrN3O/c9-4-8(13)12-6-2-1-3-11-7(6)5-10/h1-3H,4-5,10H2,(H,12,13). The molecule has 0 spiro atoms. The van der Waals surface area contributed by atoms with Gasteiger partial charge in [-0.1, -0.05) is 15.9 Å². The van der Waals surface area contributed by atoms with Crippen LogP contribution in [0.15, 0.2) is 18.3 Å². The molecule has 0 aliphatic heterocycles. The lowest BCUT2D eigenvalue weighted by Crippen LogP contribution is -2.15. The topological polar surface area (TPSA) is 68.0 Å². The molecular weight excluding hydrogens is 234 g/mol. The van der Waals surface area contributed by atoms with Gasteiger partial charge in [0.1, 0.15) is 0 Å². The van der Waals surface area contributed by atoms with Gasteiger partial charge in [-0.2, -0.15) is 0 Å². The Kier molecular flexibility index (Phi) is 3.85. The number of nitrogens with zero attached hydrogens (tertiary/aromatic N) is 1. The first-order valence-corrected chi connectivity index (χ1v) is 4.90. The van der Waals surface area contributed by atoms with E-state index in [0.717, 1.165) is 0 Å². The summed E-state index contributed by atoms with van der Waals surface area (Å²) >= 11 is 3.06. The van der Waals surface area contributed by atoms with E-state index in [1.165, 1.54) is 0 Å². The maximum atomic E-state index is 11.0. The largest absolute Gasteiger partial charge is 0.325 e. The summed E-state index contributed by atoms with van der Waals surface area (Å²) in [7, 11) is 0. The Labute approximate surface area is 84.7 Å². The smallest absolute Gasteiger partial charge is 0.235 e. The molecule has 1 amide bonds. The van der Waals surface area contributed by atoms with Gasteiger partial charge in [-0.25, -0.2) is 0 Å². The highest BCUT2D eigenvalue weighted by Crippen LogP contribution is 2.10. The molecule has 0 unspecified atom stereocenters. The van der Waals surface area contributed by atoms with Crippen LogP contribution < -0.4 is 11.1 Å². The molecule has 0 aliphatic carbocycles. The molecule has 1 aromatic rings. The van der Waals surface area contributed by atoms with Gasteiger partial charge in [0.25, 0.3) is 0 Å². The van der Waals surface area contributed by atoms with Gasteiger partial charge >= 0.3 is 0 Å². The van der Waals surface area contributed by atoms with Crippen molar-refractivity contribution >= 4 is 27.5 Å². The number of halogens is 1. The quantitative estimate of drug-likeness (QED) is 0.775. The number of nitrogens with two attached hydrogens (primary N) is 1. The molecule has 1 rings (SSSR count). The predicted molar refractivity (Wildman–Crippen MR) is 54.6 cm³/mol. The monoisotopic (exact) mass is 243 g/mol. The fourth-order valence-electron chi connectivity index (χ4n) is 0.898. The average Bonchev–Trinajstić information content (AvgIpc) is 2.18. The SMILES string of the molecule is NCc1ncccc1NC(=O)CBr. The highest BCUT2D eigenvalue weighted by molar-refractivity contribution is 9.09. The van der Waals surface area contributed by atoms with Gasteiger partial charge in [-0.3, -0.25) is 9.78 Å². The maximum absolute atomic E-state index is 11.0. The molecule has 3 N–H and O–H groups in total. The lowest BCUT2D eigenvalue weighted by Gasteiger charge is -2.06. The molecule has 0 aromatic carbocycles. The lowest BCUT2D eigenvalue weighted by atomic mass is 10.3. The minimum Gasteiger partial charge on any atom is -0.325 e. The van der Waals surface area contributed by atoms with E-state index < -0.39 is 0 Å². The van der Waals surface area contributed by atoms with Crippen molar-refractivity contribution in [2.45, 2.75) is 6.54 Å². The number of alkyl halides is 1. The molecule has 0 radical (unpaired) electrons. The first kappa shape index (κ1) is 10.1. The number of nitrogens with one attached hydrogen (secondary N) is 1. The second kappa shape index (κ2) is 4.94. The van der Waals surface area contributed by atoms with E-state index in [4.69, 9.17) is 5.73 Å². The Balaban J connectivity index is 2.81. The predicted octanol–water partition coefficient (Wildman–Crippen LogP) is 0.874. The van der Waals surface area contributed by atoms with Gasteiger partial charge in [0.2, 0.25) is 5.91 Å². The van der Waals surface area contributed by atoms with Crippen LogP contribution >= 0.6 is 15.9 Å². The molecular formula is C8H10BrN3O. The minimum atomic E-state index is -0.109. The van der Waals surface area contributed by atoms with Gasteiger partial charge in [0, 0.05) is 12.7 Å². The minimum absolute atomic E-state index is 0.109. The highest BCUT2D eigenvalue weighted by atomic mass is 79.9. The van der Waals surface area contributed by atoms with E-state index >= 15 is 0 Å². The summed E-state index contributed by atoms with van der Waals surface area (Å²) in [6, 6.07) is 3.53. The Morgan fingerprint density at radius 2 is 2.46 bits per heavy atom. The summed E-state index contributed by atoms with van der Waals surface area (Å²) in [5.74, 6) is -0.109. The molecule has 0 bridgehead atoms. The van der Waals surface area contributed by atoms with Crippen LogP contribution in [-0.2, 0) is 11.3 Å². The first-order valence-electron chi connectivity index (χ1n) is 3.77. The van der Waals surface area contributed by atoms with Gasteiger partial charge in [-0.15, -0.1) is 0 Å². The fourth-order valence-corrected chi connectivity index (χ4v) is 1.04. The lowest BCUT2D eigenvalue weighted by molar-refractivity contribution is -0.113. The van der Waals surface area contributed by atoms with E-state index in [2.05, 4.69) is 26.2 Å². The van der Waals surface area contributed by atoms with Crippen molar-refractivity contribution in [3.8, 4) is 0 Å². The number of rotatable bonds is 3.